The summed E-state index contributed by atoms with van der Waals surface area (Å²) in [5.74, 6) is -1.86. The minimum atomic E-state index is -1.69. The number of carbonyl (C=O) groups excluding carboxylic acids is 2. The third kappa shape index (κ3) is 10.7. The second-order valence-electron chi connectivity index (χ2n) is 10.9. The van der Waals surface area contributed by atoms with E-state index in [0.29, 0.717) is 12.2 Å². The highest BCUT2D eigenvalue weighted by Gasteiger charge is 2.36. The Labute approximate surface area is 231 Å². The van der Waals surface area contributed by atoms with Gasteiger partial charge in [-0.15, -0.1) is 0 Å². The van der Waals surface area contributed by atoms with Crippen molar-refractivity contribution in [1.29, 1.82) is 5.26 Å². The zero-order chi connectivity index (χ0) is 29.1. The number of ether oxygens (including phenoxy) is 2. The number of amides is 2. The third-order valence-corrected chi connectivity index (χ3v) is 6.57. The van der Waals surface area contributed by atoms with Gasteiger partial charge in [-0.3, -0.25) is 9.59 Å². The molecule has 0 bridgehead atoms. The van der Waals surface area contributed by atoms with Gasteiger partial charge in [0.05, 0.1) is 30.6 Å². The van der Waals surface area contributed by atoms with E-state index in [2.05, 4.69) is 16.7 Å². The van der Waals surface area contributed by atoms with Crippen molar-refractivity contribution in [3.63, 3.8) is 0 Å². The minimum Gasteiger partial charge on any atom is -0.493 e. The quantitative estimate of drug-likeness (QED) is 0.256. The Morgan fingerprint density at radius 1 is 1.05 bits per heavy atom. The van der Waals surface area contributed by atoms with Gasteiger partial charge in [-0.1, -0.05) is 56.3 Å². The maximum Gasteiger partial charge on any atom is 0.475 e. The molecule has 39 heavy (non-hydrogen) atoms. The largest absolute Gasteiger partial charge is 0.493 e. The van der Waals surface area contributed by atoms with Crippen molar-refractivity contribution < 1.29 is 29.1 Å². The van der Waals surface area contributed by atoms with Crippen LogP contribution in [0.1, 0.15) is 45.2 Å². The van der Waals surface area contributed by atoms with Gasteiger partial charge in [-0.25, -0.2) is 0 Å². The van der Waals surface area contributed by atoms with Crippen molar-refractivity contribution in [2.24, 2.45) is 11.3 Å². The molecule has 2 amide bonds. The van der Waals surface area contributed by atoms with Crippen LogP contribution < -0.4 is 15.4 Å². The van der Waals surface area contributed by atoms with Gasteiger partial charge in [0.2, 0.25) is 11.8 Å². The Balaban J connectivity index is 1.91. The molecule has 4 N–H and O–H groups in total. The number of nitrogens with one attached hydrogen (secondary N) is 2. The van der Waals surface area contributed by atoms with Crippen LogP contribution in [0.4, 0.5) is 0 Å². The Morgan fingerprint density at radius 3 is 2.33 bits per heavy atom. The molecule has 2 rings (SSSR count). The molecule has 0 saturated carbocycles. The molecule has 2 atom stereocenters. The van der Waals surface area contributed by atoms with E-state index in [1.165, 1.54) is 0 Å². The van der Waals surface area contributed by atoms with Crippen LogP contribution in [0.3, 0.4) is 0 Å². The second kappa shape index (κ2) is 14.7. The van der Waals surface area contributed by atoms with Crippen LogP contribution in [0, 0.1) is 22.7 Å². The SMILES string of the molecule is COC(C)(C)CNC(=O)C(C#N)C(C)(C)Cc1cccc(OCCC(=O)N[C@@H](Cc2ccccc2)B(O)O)c1. The average molecular weight is 537 g/mol. The summed E-state index contributed by atoms with van der Waals surface area (Å²) in [7, 11) is -0.123. The predicted octanol–water partition coefficient (Wildman–Crippen LogP) is 2.44. The molecule has 0 aliphatic rings. The van der Waals surface area contributed by atoms with Gasteiger partial charge in [0.15, 0.2) is 0 Å². The Morgan fingerprint density at radius 2 is 1.72 bits per heavy atom. The number of rotatable bonds is 15. The zero-order valence-corrected chi connectivity index (χ0v) is 23.4. The van der Waals surface area contributed by atoms with Gasteiger partial charge in [0.25, 0.3) is 0 Å². The molecule has 0 fully saturated rings. The molecule has 0 radical (unpaired) electrons. The highest BCUT2D eigenvalue weighted by molar-refractivity contribution is 6.43. The molecule has 2 aromatic rings. The first kappa shape index (κ1) is 31.8. The van der Waals surface area contributed by atoms with Gasteiger partial charge < -0.3 is 30.2 Å². The third-order valence-electron chi connectivity index (χ3n) is 6.57. The summed E-state index contributed by atoms with van der Waals surface area (Å²) < 4.78 is 11.1. The standard InChI is InChI=1S/C29H40BN3O6/c1-28(2,24(19-31)27(35)32-20-29(3,4)38-5)18-22-12-9-13-23(16-22)39-15-14-26(34)33-25(30(36)37)17-21-10-7-6-8-11-21/h6-13,16,24-25,36-37H,14-15,17-18,20H2,1-5H3,(H,32,35)(H,33,34)/t24?,25-/m0/s1. The molecule has 0 aliphatic carbocycles. The van der Waals surface area contributed by atoms with E-state index in [0.717, 1.165) is 11.1 Å². The van der Waals surface area contributed by atoms with Crippen LogP contribution in [0.5, 0.6) is 5.75 Å². The van der Waals surface area contributed by atoms with Crippen LogP contribution in [0.25, 0.3) is 0 Å². The number of benzene rings is 2. The van der Waals surface area contributed by atoms with E-state index in [-0.39, 0.29) is 37.8 Å². The summed E-state index contributed by atoms with van der Waals surface area (Å²) in [5, 5.41) is 34.6. The van der Waals surface area contributed by atoms with Gasteiger partial charge in [-0.2, -0.15) is 5.26 Å². The smallest absolute Gasteiger partial charge is 0.475 e. The highest BCUT2D eigenvalue weighted by atomic mass is 16.5. The van der Waals surface area contributed by atoms with Crippen LogP contribution in [-0.2, 0) is 27.2 Å². The van der Waals surface area contributed by atoms with Crippen molar-refractivity contribution in [2.75, 3.05) is 20.3 Å². The van der Waals surface area contributed by atoms with E-state index < -0.39 is 30.0 Å². The zero-order valence-electron chi connectivity index (χ0n) is 23.4. The van der Waals surface area contributed by atoms with E-state index in [1.807, 2.05) is 76.2 Å². The average Bonchev–Trinajstić information content (AvgIpc) is 2.88. The highest BCUT2D eigenvalue weighted by Crippen LogP contribution is 2.32. The van der Waals surface area contributed by atoms with Crippen molar-refractivity contribution in [2.45, 2.75) is 58.5 Å². The first-order valence-electron chi connectivity index (χ1n) is 13.0. The topological polar surface area (TPSA) is 141 Å². The summed E-state index contributed by atoms with van der Waals surface area (Å²) in [5.41, 5.74) is 0.566. The number of nitrogens with zero attached hydrogens (tertiary/aromatic N) is 1. The van der Waals surface area contributed by atoms with Crippen LogP contribution >= 0.6 is 0 Å². The van der Waals surface area contributed by atoms with Gasteiger partial charge in [0, 0.05) is 13.7 Å². The number of carbonyl (C=O) groups is 2. The molecule has 10 heteroatoms. The number of methoxy groups -OCH3 is 1. The van der Waals surface area contributed by atoms with Crippen molar-refractivity contribution in [3.05, 3.63) is 65.7 Å². The molecule has 9 nitrogen and oxygen atoms in total. The van der Waals surface area contributed by atoms with E-state index in [9.17, 15) is 24.9 Å². The second-order valence-corrected chi connectivity index (χ2v) is 10.9. The molecule has 0 heterocycles. The monoisotopic (exact) mass is 537 g/mol. The lowest BCUT2D eigenvalue weighted by Gasteiger charge is -2.30. The molecular formula is C29H40BN3O6. The minimum absolute atomic E-state index is 0.0300. The fraction of sp³-hybridized carbons (Fsp3) is 0.483. The molecule has 210 valence electrons. The van der Waals surface area contributed by atoms with Gasteiger partial charge >= 0.3 is 7.12 Å². The van der Waals surface area contributed by atoms with Crippen LogP contribution in [0.2, 0.25) is 0 Å². The maximum absolute atomic E-state index is 12.8. The Hall–Kier alpha value is -3.39. The fourth-order valence-electron chi connectivity index (χ4n) is 4.08. The lowest BCUT2D eigenvalue weighted by Crippen LogP contribution is -2.48. The van der Waals surface area contributed by atoms with Crippen LogP contribution in [0.15, 0.2) is 54.6 Å². The normalized spacial score (nSPS) is 13.1. The molecule has 0 saturated heterocycles. The summed E-state index contributed by atoms with van der Waals surface area (Å²) in [6, 6.07) is 18.7. The summed E-state index contributed by atoms with van der Waals surface area (Å²) in [6.07, 6.45) is 0.774. The molecule has 1 unspecified atom stereocenters. The van der Waals surface area contributed by atoms with E-state index >= 15 is 0 Å². The van der Waals surface area contributed by atoms with Gasteiger partial charge in [-0.05, 0) is 55.4 Å². The molecule has 0 aromatic heterocycles. The van der Waals surface area contributed by atoms with E-state index in [4.69, 9.17) is 9.47 Å². The summed E-state index contributed by atoms with van der Waals surface area (Å²) in [4.78, 5) is 25.2. The molecule has 0 spiro atoms. The number of nitriles is 1. The van der Waals surface area contributed by atoms with Gasteiger partial charge in [0.1, 0.15) is 11.7 Å². The first-order valence-corrected chi connectivity index (χ1v) is 13.0. The van der Waals surface area contributed by atoms with Crippen molar-refractivity contribution in [3.8, 4) is 11.8 Å². The number of hydrogen-bond acceptors (Lipinski definition) is 7. The lowest BCUT2D eigenvalue weighted by atomic mass is 9.74. The Kier molecular flexibility index (Phi) is 12.0. The summed E-state index contributed by atoms with van der Waals surface area (Å²) in [6.45, 7) is 7.85. The Bertz CT molecular complexity index is 1120. The first-order chi connectivity index (χ1) is 18.4. The van der Waals surface area contributed by atoms with Crippen molar-refractivity contribution >= 4 is 18.9 Å². The number of hydrogen-bond donors (Lipinski definition) is 4. The van der Waals surface area contributed by atoms with Crippen molar-refractivity contribution in [1.82, 2.24) is 10.6 Å². The predicted molar refractivity (Wildman–Crippen MR) is 150 cm³/mol. The summed E-state index contributed by atoms with van der Waals surface area (Å²) >= 11 is 0. The maximum atomic E-state index is 12.8. The molecular weight excluding hydrogens is 497 g/mol. The molecule has 2 aromatic carbocycles. The molecule has 0 aliphatic heterocycles. The fourth-order valence-corrected chi connectivity index (χ4v) is 4.08. The lowest BCUT2D eigenvalue weighted by molar-refractivity contribution is -0.127. The van der Waals surface area contributed by atoms with E-state index in [1.54, 1.807) is 13.2 Å². The van der Waals surface area contributed by atoms with Crippen LogP contribution in [-0.4, -0.2) is 60.8 Å².